The molecule has 5 nitrogen and oxygen atoms in total. The van der Waals surface area contributed by atoms with E-state index in [-0.39, 0.29) is 18.5 Å². The number of carbonyl (C=O) groups excluding carboxylic acids is 2. The highest BCUT2D eigenvalue weighted by Gasteiger charge is 2.44. The van der Waals surface area contributed by atoms with Gasteiger partial charge in [0.05, 0.1) is 11.5 Å². The molecule has 1 aliphatic rings. The van der Waals surface area contributed by atoms with Gasteiger partial charge in [-0.1, -0.05) is 0 Å². The van der Waals surface area contributed by atoms with Gasteiger partial charge in [0.25, 0.3) is 5.91 Å². The molecule has 0 aromatic heterocycles. The molecule has 3 amide bonds. The summed E-state index contributed by atoms with van der Waals surface area (Å²) in [6, 6.07) is 1.77. The number of nitrogens with one attached hydrogen (secondary N) is 1. The Morgan fingerprint density at radius 2 is 2.00 bits per heavy atom. The van der Waals surface area contributed by atoms with E-state index in [0.29, 0.717) is 6.42 Å². The number of rotatable bonds is 3. The molecule has 0 atom stereocenters. The van der Waals surface area contributed by atoms with Gasteiger partial charge < -0.3 is 5.32 Å². The topological polar surface area (TPSA) is 73.2 Å². The first kappa shape index (κ1) is 12.5. The summed E-state index contributed by atoms with van der Waals surface area (Å²) in [5.74, 6) is -0.230. The predicted molar refractivity (Wildman–Crippen MR) is 58.3 cm³/mol. The highest BCUT2D eigenvalue weighted by molar-refractivity contribution is 6.06. The molecule has 16 heavy (non-hydrogen) atoms. The summed E-state index contributed by atoms with van der Waals surface area (Å²) < 4.78 is 0. The highest BCUT2D eigenvalue weighted by Crippen LogP contribution is 2.22. The Balaban J connectivity index is 2.67. The van der Waals surface area contributed by atoms with Crippen molar-refractivity contribution in [3.05, 3.63) is 0 Å². The zero-order valence-electron chi connectivity index (χ0n) is 10.1. The van der Waals surface area contributed by atoms with E-state index < -0.39 is 11.0 Å². The Morgan fingerprint density at radius 1 is 1.44 bits per heavy atom. The molecule has 0 aromatic carbocycles. The average molecular weight is 223 g/mol. The number of nitrogens with zero attached hydrogens (tertiary/aromatic N) is 2. The van der Waals surface area contributed by atoms with Crippen LogP contribution in [0.2, 0.25) is 0 Å². The average Bonchev–Trinajstić information content (AvgIpc) is 2.35. The lowest BCUT2D eigenvalue weighted by molar-refractivity contribution is -0.130. The molecule has 5 heteroatoms. The van der Waals surface area contributed by atoms with Crippen LogP contribution < -0.4 is 5.32 Å². The summed E-state index contributed by atoms with van der Waals surface area (Å²) in [4.78, 5) is 24.5. The standard InChI is InChI=1S/C11H17N3O2/c1-10(2,7-12)5-6-14-8(15)11(3,4)13-9(14)16/h5-6H2,1-4H3,(H,13,16). The second kappa shape index (κ2) is 3.78. The van der Waals surface area contributed by atoms with E-state index in [4.69, 9.17) is 5.26 Å². The fourth-order valence-corrected chi connectivity index (χ4v) is 1.47. The lowest BCUT2D eigenvalue weighted by atomic mass is 9.91. The summed E-state index contributed by atoms with van der Waals surface area (Å²) in [6.07, 6.45) is 0.485. The van der Waals surface area contributed by atoms with Gasteiger partial charge in [-0.05, 0) is 34.1 Å². The minimum absolute atomic E-state index is 0.230. The summed E-state index contributed by atoms with van der Waals surface area (Å²) in [7, 11) is 0. The Bertz CT molecular complexity index is 366. The van der Waals surface area contributed by atoms with Crippen molar-refractivity contribution >= 4 is 11.9 Å². The van der Waals surface area contributed by atoms with Crippen LogP contribution in [0.1, 0.15) is 34.1 Å². The van der Waals surface area contributed by atoms with Gasteiger partial charge in [-0.2, -0.15) is 5.26 Å². The third-order valence-corrected chi connectivity index (χ3v) is 2.71. The molecule has 1 rings (SSSR count). The molecule has 0 aromatic rings. The van der Waals surface area contributed by atoms with Gasteiger partial charge in [-0.25, -0.2) is 4.79 Å². The van der Waals surface area contributed by atoms with Crippen LogP contribution in [0.3, 0.4) is 0 Å². The van der Waals surface area contributed by atoms with Gasteiger partial charge in [0.2, 0.25) is 0 Å². The van der Waals surface area contributed by atoms with E-state index in [1.54, 1.807) is 27.7 Å². The van der Waals surface area contributed by atoms with Crippen LogP contribution in [0.5, 0.6) is 0 Å². The first-order valence-electron chi connectivity index (χ1n) is 5.25. The lowest BCUT2D eigenvalue weighted by Crippen LogP contribution is -2.40. The quantitative estimate of drug-likeness (QED) is 0.732. The molecule has 1 heterocycles. The number of amides is 3. The molecule has 0 aliphatic carbocycles. The molecular weight excluding hydrogens is 206 g/mol. The summed E-state index contributed by atoms with van der Waals surface area (Å²) in [6.45, 7) is 7.20. The van der Waals surface area contributed by atoms with Gasteiger partial charge >= 0.3 is 6.03 Å². The smallest absolute Gasteiger partial charge is 0.324 e. The SMILES string of the molecule is CC(C)(C#N)CCN1C(=O)NC(C)(C)C1=O. The van der Waals surface area contributed by atoms with Gasteiger partial charge in [0.15, 0.2) is 0 Å². The number of imide groups is 1. The summed E-state index contributed by atoms with van der Waals surface area (Å²) in [5, 5.41) is 11.5. The number of hydrogen-bond donors (Lipinski definition) is 1. The van der Waals surface area contributed by atoms with Crippen LogP contribution in [-0.4, -0.2) is 28.9 Å². The van der Waals surface area contributed by atoms with E-state index in [1.165, 1.54) is 4.90 Å². The van der Waals surface area contributed by atoms with E-state index in [0.717, 1.165) is 0 Å². The fraction of sp³-hybridized carbons (Fsp3) is 0.727. The molecule has 1 fully saturated rings. The van der Waals surface area contributed by atoms with Crippen LogP contribution in [0.25, 0.3) is 0 Å². The Labute approximate surface area is 95.4 Å². The zero-order chi connectivity index (χ0) is 12.6. The molecule has 1 N–H and O–H groups in total. The van der Waals surface area contributed by atoms with Gasteiger partial charge in [-0.15, -0.1) is 0 Å². The maximum atomic E-state index is 11.8. The highest BCUT2D eigenvalue weighted by atomic mass is 16.2. The Morgan fingerprint density at radius 3 is 2.38 bits per heavy atom. The molecule has 0 spiro atoms. The number of nitriles is 1. The molecule has 1 aliphatic heterocycles. The third kappa shape index (κ3) is 2.32. The second-order valence-electron chi connectivity index (χ2n) is 5.26. The molecule has 0 radical (unpaired) electrons. The monoisotopic (exact) mass is 223 g/mol. The lowest BCUT2D eigenvalue weighted by Gasteiger charge is -2.20. The van der Waals surface area contributed by atoms with E-state index in [9.17, 15) is 9.59 Å². The fourth-order valence-electron chi connectivity index (χ4n) is 1.47. The molecule has 0 unspecified atom stereocenters. The molecular formula is C11H17N3O2. The van der Waals surface area contributed by atoms with Crippen LogP contribution in [0.4, 0.5) is 4.79 Å². The molecule has 0 saturated carbocycles. The normalized spacial score (nSPS) is 19.6. The third-order valence-electron chi connectivity index (χ3n) is 2.71. The van der Waals surface area contributed by atoms with Crippen molar-refractivity contribution in [2.24, 2.45) is 5.41 Å². The maximum absolute atomic E-state index is 11.8. The van der Waals surface area contributed by atoms with Gasteiger partial charge in [-0.3, -0.25) is 9.69 Å². The molecule has 0 bridgehead atoms. The first-order chi connectivity index (χ1) is 7.19. The van der Waals surface area contributed by atoms with Crippen molar-refractivity contribution in [2.75, 3.05) is 6.54 Å². The molecule has 1 saturated heterocycles. The van der Waals surface area contributed by atoms with E-state index in [1.807, 2.05) is 0 Å². The van der Waals surface area contributed by atoms with Crippen LogP contribution in [0, 0.1) is 16.7 Å². The predicted octanol–water partition coefficient (Wildman–Crippen LogP) is 1.26. The Kier molecular flexibility index (Phi) is 2.95. The number of hydrogen-bond acceptors (Lipinski definition) is 3. The second-order valence-corrected chi connectivity index (χ2v) is 5.26. The van der Waals surface area contributed by atoms with Crippen molar-refractivity contribution in [1.29, 1.82) is 5.26 Å². The largest absolute Gasteiger partial charge is 0.325 e. The van der Waals surface area contributed by atoms with Crippen molar-refractivity contribution in [1.82, 2.24) is 10.2 Å². The van der Waals surface area contributed by atoms with Gasteiger partial charge in [0, 0.05) is 6.54 Å². The Hall–Kier alpha value is -1.57. The van der Waals surface area contributed by atoms with Crippen molar-refractivity contribution < 1.29 is 9.59 Å². The molecule has 88 valence electrons. The zero-order valence-corrected chi connectivity index (χ0v) is 10.1. The number of carbonyl (C=O) groups is 2. The van der Waals surface area contributed by atoms with Crippen molar-refractivity contribution in [3.63, 3.8) is 0 Å². The van der Waals surface area contributed by atoms with Gasteiger partial charge in [0.1, 0.15) is 5.54 Å². The minimum Gasteiger partial charge on any atom is -0.324 e. The van der Waals surface area contributed by atoms with Crippen molar-refractivity contribution in [2.45, 2.75) is 39.7 Å². The van der Waals surface area contributed by atoms with Crippen LogP contribution in [0.15, 0.2) is 0 Å². The van der Waals surface area contributed by atoms with E-state index in [2.05, 4.69) is 11.4 Å². The summed E-state index contributed by atoms with van der Waals surface area (Å²) in [5.41, 5.74) is -1.35. The van der Waals surface area contributed by atoms with Crippen molar-refractivity contribution in [3.8, 4) is 6.07 Å². The van der Waals surface area contributed by atoms with E-state index >= 15 is 0 Å². The first-order valence-corrected chi connectivity index (χ1v) is 5.25. The summed E-state index contributed by atoms with van der Waals surface area (Å²) >= 11 is 0. The maximum Gasteiger partial charge on any atom is 0.325 e. The minimum atomic E-state index is -0.826. The van der Waals surface area contributed by atoms with Crippen LogP contribution in [-0.2, 0) is 4.79 Å². The number of urea groups is 1. The van der Waals surface area contributed by atoms with Crippen LogP contribution >= 0.6 is 0 Å².